The van der Waals surface area contributed by atoms with Gasteiger partial charge in [0.25, 0.3) is 0 Å². The van der Waals surface area contributed by atoms with Crippen molar-refractivity contribution in [3.8, 4) is 22.3 Å². The predicted octanol–water partition coefficient (Wildman–Crippen LogP) is 8.33. The van der Waals surface area contributed by atoms with Gasteiger partial charge >= 0.3 is 12.2 Å². The zero-order valence-corrected chi connectivity index (χ0v) is 34.2. The molecule has 0 bridgehead atoms. The van der Waals surface area contributed by atoms with Crippen molar-refractivity contribution >= 4 is 67.1 Å². The number of amides is 4. The first-order valence-corrected chi connectivity index (χ1v) is 20.8. The van der Waals surface area contributed by atoms with Gasteiger partial charge in [-0.1, -0.05) is 64.1 Å². The van der Waals surface area contributed by atoms with Crippen LogP contribution in [0.4, 0.5) is 9.59 Å². The molecule has 0 unspecified atom stereocenters. The topological polar surface area (TPSA) is 143 Å². The number of thiazole rings is 2. The lowest BCUT2D eigenvalue weighted by Crippen LogP contribution is -2.51. The summed E-state index contributed by atoms with van der Waals surface area (Å²) in [5.41, 5.74) is 6.15. The second kappa shape index (κ2) is 16.6. The van der Waals surface area contributed by atoms with E-state index < -0.39 is 24.3 Å². The molecule has 2 aromatic heterocycles. The Morgan fingerprint density at radius 2 is 1.00 bits per heavy atom. The van der Waals surface area contributed by atoms with E-state index in [9.17, 15) is 19.2 Å². The SMILES string of the molecule is COC(=O)N[C@H](C(=O)N1CCC[C@H]1c1nc2ccc(-c3ccc(-c4ccc5nc([C@@H]6CCCN6C(=O)[C@@H](NC(=O)OC)C(C)C)sc5c4)cc3)cc2s1)C(C)C. The van der Waals surface area contributed by atoms with Gasteiger partial charge in [0.1, 0.15) is 22.1 Å². The first-order valence-electron chi connectivity index (χ1n) is 19.2. The van der Waals surface area contributed by atoms with Gasteiger partial charge in [-0.3, -0.25) is 9.59 Å². The summed E-state index contributed by atoms with van der Waals surface area (Å²) in [6.45, 7) is 8.91. The highest BCUT2D eigenvalue weighted by Crippen LogP contribution is 2.40. The Hall–Kier alpha value is -5.08. The third-order valence-corrected chi connectivity index (χ3v) is 13.0. The Morgan fingerprint density at radius 1 is 0.625 bits per heavy atom. The lowest BCUT2D eigenvalue weighted by atomic mass is 10.0. The number of alkyl carbamates (subject to hydrolysis) is 2. The van der Waals surface area contributed by atoms with Crippen LogP contribution < -0.4 is 10.6 Å². The first kappa shape index (κ1) is 39.2. The largest absolute Gasteiger partial charge is 0.453 e. The fourth-order valence-corrected chi connectivity index (χ4v) is 10.0. The molecule has 14 heteroatoms. The van der Waals surface area contributed by atoms with Crippen LogP contribution in [-0.2, 0) is 19.1 Å². The number of fused-ring (bicyclic) bond motifs is 2. The van der Waals surface area contributed by atoms with Gasteiger partial charge in [-0.15, -0.1) is 22.7 Å². The molecule has 2 aliphatic rings. The van der Waals surface area contributed by atoms with Crippen molar-refractivity contribution in [3.63, 3.8) is 0 Å². The van der Waals surface area contributed by atoms with Gasteiger partial charge < -0.3 is 29.9 Å². The number of carbonyl (C=O) groups excluding carboxylic acids is 4. The van der Waals surface area contributed by atoms with Crippen LogP contribution >= 0.6 is 22.7 Å². The fraction of sp³-hybridized carbons (Fsp3) is 0.429. The van der Waals surface area contributed by atoms with E-state index in [1.165, 1.54) is 14.2 Å². The lowest BCUT2D eigenvalue weighted by molar-refractivity contribution is -0.136. The Morgan fingerprint density at radius 3 is 1.36 bits per heavy atom. The Labute approximate surface area is 334 Å². The van der Waals surface area contributed by atoms with E-state index in [-0.39, 0.29) is 35.7 Å². The zero-order valence-electron chi connectivity index (χ0n) is 32.5. The van der Waals surface area contributed by atoms with Crippen LogP contribution in [0.5, 0.6) is 0 Å². The van der Waals surface area contributed by atoms with Crippen molar-refractivity contribution in [1.82, 2.24) is 30.4 Å². The van der Waals surface area contributed by atoms with Gasteiger partial charge in [-0.2, -0.15) is 0 Å². The normalized spacial score (nSPS) is 18.1. The van der Waals surface area contributed by atoms with Crippen LogP contribution in [0.25, 0.3) is 42.7 Å². The minimum atomic E-state index is -0.671. The highest BCUT2D eigenvalue weighted by atomic mass is 32.1. The monoisotopic (exact) mass is 796 g/mol. The third kappa shape index (κ3) is 7.94. The molecule has 294 valence electrons. The number of hydrogen-bond donors (Lipinski definition) is 2. The maximum atomic E-state index is 13.6. The summed E-state index contributed by atoms with van der Waals surface area (Å²) >= 11 is 3.23. The number of ether oxygens (including phenoxy) is 2. The minimum absolute atomic E-state index is 0.0925. The summed E-state index contributed by atoms with van der Waals surface area (Å²) in [5.74, 6) is -0.405. The molecule has 4 heterocycles. The van der Waals surface area contributed by atoms with Crippen molar-refractivity contribution < 1.29 is 28.7 Å². The average molecular weight is 797 g/mol. The van der Waals surface area contributed by atoms with Crippen LogP contribution in [-0.4, -0.2) is 83.2 Å². The molecule has 0 spiro atoms. The number of nitrogens with zero attached hydrogens (tertiary/aromatic N) is 4. The molecular weight excluding hydrogens is 749 g/mol. The Balaban J connectivity index is 1.06. The summed E-state index contributed by atoms with van der Waals surface area (Å²) in [6, 6.07) is 19.5. The van der Waals surface area contributed by atoms with Crippen LogP contribution in [0.3, 0.4) is 0 Å². The van der Waals surface area contributed by atoms with Gasteiger partial charge in [0.2, 0.25) is 11.8 Å². The van der Waals surface area contributed by atoms with E-state index in [0.717, 1.165) is 78.4 Å². The molecule has 56 heavy (non-hydrogen) atoms. The number of methoxy groups -OCH3 is 2. The number of hydrogen-bond acceptors (Lipinski definition) is 10. The second-order valence-corrected chi connectivity index (χ2v) is 17.3. The summed E-state index contributed by atoms with van der Waals surface area (Å²) in [5, 5.41) is 7.25. The number of likely N-dealkylation sites (tertiary alicyclic amines) is 2. The number of nitrogens with one attached hydrogen (secondary N) is 2. The van der Waals surface area contributed by atoms with Crippen LogP contribution in [0.15, 0.2) is 60.7 Å². The molecule has 2 saturated heterocycles. The molecule has 4 amide bonds. The van der Waals surface area contributed by atoms with Crippen LogP contribution in [0.2, 0.25) is 0 Å². The van der Waals surface area contributed by atoms with Crippen molar-refractivity contribution in [3.05, 3.63) is 70.7 Å². The number of rotatable bonds is 10. The van der Waals surface area contributed by atoms with Gasteiger partial charge in [0, 0.05) is 13.1 Å². The minimum Gasteiger partial charge on any atom is -0.453 e. The lowest BCUT2D eigenvalue weighted by Gasteiger charge is -2.29. The zero-order chi connectivity index (χ0) is 39.7. The van der Waals surface area contributed by atoms with Gasteiger partial charge in [-0.25, -0.2) is 19.6 Å². The second-order valence-electron chi connectivity index (χ2n) is 15.1. The molecule has 7 rings (SSSR count). The Kier molecular flexibility index (Phi) is 11.6. The van der Waals surface area contributed by atoms with E-state index >= 15 is 0 Å². The maximum absolute atomic E-state index is 13.6. The Bertz CT molecular complexity index is 2090. The van der Waals surface area contributed by atoms with E-state index in [2.05, 4.69) is 59.2 Å². The quantitative estimate of drug-likeness (QED) is 0.144. The van der Waals surface area contributed by atoms with E-state index in [0.29, 0.717) is 13.1 Å². The smallest absolute Gasteiger partial charge is 0.407 e. The number of carbonyl (C=O) groups is 4. The van der Waals surface area contributed by atoms with Crippen molar-refractivity contribution in [2.24, 2.45) is 11.8 Å². The average Bonchev–Trinajstić information content (AvgIpc) is 4.03. The highest BCUT2D eigenvalue weighted by molar-refractivity contribution is 7.19. The first-order chi connectivity index (χ1) is 26.9. The predicted molar refractivity (Wildman–Crippen MR) is 219 cm³/mol. The van der Waals surface area contributed by atoms with Gasteiger partial charge in [-0.05, 0) is 84.0 Å². The molecule has 2 N–H and O–H groups in total. The summed E-state index contributed by atoms with van der Waals surface area (Å²) in [6.07, 6.45) is 2.18. The van der Waals surface area contributed by atoms with Gasteiger partial charge in [0.05, 0.1) is 46.7 Å². The molecule has 0 saturated carbocycles. The number of aromatic nitrogens is 2. The molecule has 3 aromatic carbocycles. The molecule has 2 fully saturated rings. The van der Waals surface area contributed by atoms with Crippen molar-refractivity contribution in [2.45, 2.75) is 77.5 Å². The standard InChI is InChI=1S/C42H48N6O6S2/c1-23(2)35(45-41(51)53-5)39(49)47-19-7-9-31(47)37-43-29-17-15-27(21-33(29)55-37)25-11-13-26(14-12-25)28-16-18-30-34(22-28)56-38(44-30)32-10-8-20-48(32)40(50)36(24(3)4)46-42(52)54-6/h11-18,21-24,31-32,35-36H,7-10,19-20H2,1-6H3,(H,45,51)(H,46,52)/t31-,32-,35-,36-/m0/s1. The van der Waals surface area contributed by atoms with Crippen molar-refractivity contribution in [1.29, 1.82) is 0 Å². The summed E-state index contributed by atoms with van der Waals surface area (Å²) in [7, 11) is 2.60. The number of benzene rings is 3. The van der Waals surface area contributed by atoms with Crippen LogP contribution in [0.1, 0.15) is 75.5 Å². The maximum Gasteiger partial charge on any atom is 0.407 e. The molecule has 12 nitrogen and oxygen atoms in total. The molecule has 2 aliphatic heterocycles. The third-order valence-electron chi connectivity index (χ3n) is 10.8. The van der Waals surface area contributed by atoms with Crippen LogP contribution in [0, 0.1) is 11.8 Å². The molecule has 0 aliphatic carbocycles. The van der Waals surface area contributed by atoms with E-state index in [1.54, 1.807) is 22.7 Å². The molecule has 4 atom stereocenters. The van der Waals surface area contributed by atoms with Crippen molar-refractivity contribution in [2.75, 3.05) is 27.3 Å². The summed E-state index contributed by atoms with van der Waals surface area (Å²) < 4.78 is 11.7. The van der Waals surface area contributed by atoms with E-state index in [4.69, 9.17) is 19.4 Å². The molecule has 5 aromatic rings. The fourth-order valence-electron chi connectivity index (χ4n) is 7.71. The molecular formula is C42H48N6O6S2. The van der Waals surface area contributed by atoms with E-state index in [1.807, 2.05) is 49.6 Å². The van der Waals surface area contributed by atoms with Gasteiger partial charge in [0.15, 0.2) is 0 Å². The highest BCUT2D eigenvalue weighted by Gasteiger charge is 2.39. The summed E-state index contributed by atoms with van der Waals surface area (Å²) in [4.78, 5) is 64.9. The molecule has 0 radical (unpaired) electrons.